The Hall–Kier alpha value is -2.94. The van der Waals surface area contributed by atoms with Crippen LogP contribution in [0.3, 0.4) is 0 Å². The molecule has 0 aromatic heterocycles. The molecule has 0 fully saturated rings. The summed E-state index contributed by atoms with van der Waals surface area (Å²) < 4.78 is 21.1. The lowest BCUT2D eigenvalue weighted by Gasteiger charge is -2.27. The molecular weight excluding hydrogens is 454 g/mol. The van der Waals surface area contributed by atoms with Gasteiger partial charge in [0.2, 0.25) is 0 Å². The summed E-state index contributed by atoms with van der Waals surface area (Å²) in [4.78, 5) is 49.1. The monoisotopic (exact) mass is 493 g/mol. The number of carbonyl (C=O) groups excluding carboxylic acids is 4. The Morgan fingerprint density at radius 2 is 1.43 bits per heavy atom. The molecule has 0 spiro atoms. The zero-order chi connectivity index (χ0) is 26.8. The molecule has 9 nitrogen and oxygen atoms in total. The molecular formula is C26H39NO8. The number of methoxy groups -OCH3 is 1. The summed E-state index contributed by atoms with van der Waals surface area (Å²) in [5.74, 6) is -2.85. The lowest BCUT2D eigenvalue weighted by Crippen LogP contribution is -2.51. The van der Waals surface area contributed by atoms with Gasteiger partial charge in [-0.05, 0) is 30.5 Å². The van der Waals surface area contributed by atoms with Gasteiger partial charge in [-0.15, -0.1) is 0 Å². The molecule has 0 saturated carbocycles. The van der Waals surface area contributed by atoms with Crippen molar-refractivity contribution in [1.82, 2.24) is 0 Å². The van der Waals surface area contributed by atoms with E-state index in [-0.39, 0.29) is 48.7 Å². The fourth-order valence-corrected chi connectivity index (χ4v) is 2.91. The predicted molar refractivity (Wildman–Crippen MR) is 130 cm³/mol. The van der Waals surface area contributed by atoms with Crippen molar-refractivity contribution in [3.8, 4) is 11.5 Å². The van der Waals surface area contributed by atoms with Crippen LogP contribution < -0.4 is 15.2 Å². The minimum atomic E-state index is -1.50. The van der Waals surface area contributed by atoms with E-state index in [1.807, 2.05) is 13.8 Å². The van der Waals surface area contributed by atoms with E-state index >= 15 is 0 Å². The number of nitrogens with two attached hydrogens (primary N) is 1. The van der Waals surface area contributed by atoms with E-state index in [0.717, 1.165) is 0 Å². The van der Waals surface area contributed by atoms with Crippen LogP contribution in [0.1, 0.15) is 66.4 Å². The summed E-state index contributed by atoms with van der Waals surface area (Å²) in [6.07, 6.45) is 1.19. The Morgan fingerprint density at radius 1 is 0.886 bits per heavy atom. The van der Waals surface area contributed by atoms with Crippen molar-refractivity contribution in [2.45, 2.75) is 72.8 Å². The van der Waals surface area contributed by atoms with Crippen LogP contribution in [0.25, 0.3) is 0 Å². The van der Waals surface area contributed by atoms with Crippen LogP contribution in [0.2, 0.25) is 0 Å². The second kappa shape index (κ2) is 13.8. The molecule has 0 amide bonds. The highest BCUT2D eigenvalue weighted by atomic mass is 16.6. The third-order valence-electron chi connectivity index (χ3n) is 5.83. The number of esters is 4. The Balaban J connectivity index is 3.24. The van der Waals surface area contributed by atoms with Crippen LogP contribution in [0, 0.1) is 17.8 Å². The van der Waals surface area contributed by atoms with E-state index in [0.29, 0.717) is 18.4 Å². The number of hydrogen-bond acceptors (Lipinski definition) is 9. The van der Waals surface area contributed by atoms with Gasteiger partial charge in [-0.2, -0.15) is 0 Å². The van der Waals surface area contributed by atoms with Crippen molar-refractivity contribution < 1.29 is 38.1 Å². The summed E-state index contributed by atoms with van der Waals surface area (Å²) in [5, 5.41) is 0. The maximum absolute atomic E-state index is 12.5. The fourth-order valence-electron chi connectivity index (χ4n) is 2.91. The molecule has 35 heavy (non-hydrogen) atoms. The van der Waals surface area contributed by atoms with Crippen LogP contribution >= 0.6 is 0 Å². The van der Waals surface area contributed by atoms with Crippen LogP contribution in [0.4, 0.5) is 0 Å². The molecule has 0 bridgehead atoms. The Kier molecular flexibility index (Phi) is 11.9. The maximum Gasteiger partial charge on any atom is 0.326 e. The van der Waals surface area contributed by atoms with Crippen LogP contribution in [-0.4, -0.2) is 43.1 Å². The molecule has 9 heteroatoms. The molecule has 0 radical (unpaired) electrons. The molecule has 0 aliphatic rings. The number of hydrogen-bond donors (Lipinski definition) is 1. The standard InChI is InChI=1S/C26H39NO8/c1-8-17(5)23(29)34-20-11-10-19(14-21(20)35-24(30)18(6)9-2)15-26(27,25(31)32-7)12-13-33-22(28)16(3)4/h10-11,14,16-18H,8-9,12-13,15,27H2,1-7H3/t17?,18?,26-/m1/s1. The lowest BCUT2D eigenvalue weighted by molar-refractivity contribution is -0.152. The van der Waals surface area contributed by atoms with E-state index in [4.69, 9.17) is 24.7 Å². The second-order valence-electron chi connectivity index (χ2n) is 9.14. The van der Waals surface area contributed by atoms with Gasteiger partial charge < -0.3 is 24.7 Å². The van der Waals surface area contributed by atoms with Crippen molar-refractivity contribution in [3.63, 3.8) is 0 Å². The smallest absolute Gasteiger partial charge is 0.326 e. The molecule has 196 valence electrons. The fraction of sp³-hybridized carbons (Fsp3) is 0.615. The van der Waals surface area contributed by atoms with Crippen molar-refractivity contribution >= 4 is 23.9 Å². The molecule has 2 N–H and O–H groups in total. The predicted octanol–water partition coefficient (Wildman–Crippen LogP) is 3.59. The zero-order valence-corrected chi connectivity index (χ0v) is 21.8. The minimum Gasteiger partial charge on any atom is -0.468 e. The summed E-state index contributed by atoms with van der Waals surface area (Å²) in [6, 6.07) is 4.65. The van der Waals surface area contributed by atoms with Gasteiger partial charge in [0.25, 0.3) is 0 Å². The zero-order valence-electron chi connectivity index (χ0n) is 21.8. The molecule has 0 aliphatic heterocycles. The molecule has 1 aromatic carbocycles. The van der Waals surface area contributed by atoms with Gasteiger partial charge >= 0.3 is 23.9 Å². The third-order valence-corrected chi connectivity index (χ3v) is 5.83. The van der Waals surface area contributed by atoms with E-state index in [2.05, 4.69) is 0 Å². The average molecular weight is 494 g/mol. The van der Waals surface area contributed by atoms with Gasteiger partial charge in [0, 0.05) is 12.8 Å². The molecule has 1 rings (SSSR count). The first-order valence-electron chi connectivity index (χ1n) is 12.0. The molecule has 0 aliphatic carbocycles. The Bertz CT molecular complexity index is 897. The number of ether oxygens (including phenoxy) is 4. The Morgan fingerprint density at radius 3 is 1.91 bits per heavy atom. The van der Waals surface area contributed by atoms with Crippen molar-refractivity contribution in [2.24, 2.45) is 23.5 Å². The number of rotatable bonds is 13. The van der Waals surface area contributed by atoms with Gasteiger partial charge in [0.15, 0.2) is 11.5 Å². The summed E-state index contributed by atoms with van der Waals surface area (Å²) in [7, 11) is 1.22. The van der Waals surface area contributed by atoms with E-state index in [1.54, 1.807) is 33.8 Å². The van der Waals surface area contributed by atoms with Crippen molar-refractivity contribution in [3.05, 3.63) is 23.8 Å². The highest BCUT2D eigenvalue weighted by molar-refractivity contribution is 5.81. The van der Waals surface area contributed by atoms with Crippen LogP contribution in [0.5, 0.6) is 11.5 Å². The molecule has 3 atom stereocenters. The molecule has 2 unspecified atom stereocenters. The molecule has 1 aromatic rings. The largest absolute Gasteiger partial charge is 0.468 e. The van der Waals surface area contributed by atoms with Crippen LogP contribution in [0.15, 0.2) is 18.2 Å². The first kappa shape index (κ1) is 30.1. The topological polar surface area (TPSA) is 131 Å². The Labute approximate surface area is 207 Å². The maximum atomic E-state index is 12.5. The minimum absolute atomic E-state index is 0.00632. The molecule has 0 heterocycles. The van der Waals surface area contributed by atoms with Gasteiger partial charge in [-0.1, -0.05) is 47.6 Å². The number of carbonyl (C=O) groups is 4. The van der Waals surface area contributed by atoms with Gasteiger partial charge in [0.05, 0.1) is 31.5 Å². The van der Waals surface area contributed by atoms with Gasteiger partial charge in [0.1, 0.15) is 5.54 Å². The van der Waals surface area contributed by atoms with Crippen molar-refractivity contribution in [2.75, 3.05) is 13.7 Å². The van der Waals surface area contributed by atoms with Crippen LogP contribution in [-0.2, 0) is 35.1 Å². The van der Waals surface area contributed by atoms with E-state index in [9.17, 15) is 19.2 Å². The summed E-state index contributed by atoms with van der Waals surface area (Å²) >= 11 is 0. The first-order valence-corrected chi connectivity index (χ1v) is 12.0. The highest BCUT2D eigenvalue weighted by Crippen LogP contribution is 2.32. The summed E-state index contributed by atoms with van der Waals surface area (Å²) in [5.41, 5.74) is 5.43. The van der Waals surface area contributed by atoms with Crippen molar-refractivity contribution in [1.29, 1.82) is 0 Å². The SMILES string of the molecule is CCC(C)C(=O)Oc1ccc(C[C@](N)(CCOC(=O)C(C)C)C(=O)OC)cc1OC(=O)C(C)CC. The number of benzene rings is 1. The third kappa shape index (κ3) is 8.98. The second-order valence-corrected chi connectivity index (χ2v) is 9.14. The van der Waals surface area contributed by atoms with E-state index in [1.165, 1.54) is 19.2 Å². The molecule has 0 saturated heterocycles. The quantitative estimate of drug-likeness (QED) is 0.323. The van der Waals surface area contributed by atoms with Gasteiger partial charge in [-0.25, -0.2) is 0 Å². The first-order chi connectivity index (χ1) is 16.4. The summed E-state index contributed by atoms with van der Waals surface area (Å²) in [6.45, 7) is 10.5. The highest BCUT2D eigenvalue weighted by Gasteiger charge is 2.36. The van der Waals surface area contributed by atoms with E-state index < -0.39 is 29.4 Å². The lowest BCUT2D eigenvalue weighted by atomic mass is 9.88. The average Bonchev–Trinajstić information content (AvgIpc) is 2.83. The van der Waals surface area contributed by atoms with Gasteiger partial charge in [-0.3, -0.25) is 19.2 Å². The normalized spacial score (nSPS) is 14.4.